The van der Waals surface area contributed by atoms with Crippen molar-refractivity contribution in [1.29, 1.82) is 0 Å². The van der Waals surface area contributed by atoms with Crippen LogP contribution in [0.15, 0.2) is 24.3 Å². The van der Waals surface area contributed by atoms with Crippen molar-refractivity contribution in [3.63, 3.8) is 0 Å². The van der Waals surface area contributed by atoms with Crippen LogP contribution < -0.4 is 10.1 Å². The number of rotatable bonds is 8. The first kappa shape index (κ1) is 21.8. The van der Waals surface area contributed by atoms with Gasteiger partial charge in [0.15, 0.2) is 0 Å². The molecule has 1 heterocycles. The number of ether oxygens (including phenoxy) is 1. The van der Waals surface area contributed by atoms with E-state index in [0.29, 0.717) is 13.0 Å². The average Bonchev–Trinajstić information content (AvgIpc) is 3.34. The summed E-state index contributed by atoms with van der Waals surface area (Å²) in [6, 6.07) is 7.22. The third-order valence-electron chi connectivity index (χ3n) is 6.74. The minimum Gasteiger partial charge on any atom is -0.497 e. The van der Waals surface area contributed by atoms with Gasteiger partial charge < -0.3 is 10.1 Å². The van der Waals surface area contributed by atoms with Crippen molar-refractivity contribution < 1.29 is 19.1 Å². The van der Waals surface area contributed by atoms with E-state index < -0.39 is 0 Å². The van der Waals surface area contributed by atoms with Crippen LogP contribution in [0, 0.1) is 23.7 Å². The number of nitrogens with one attached hydrogen (secondary N) is 1. The zero-order valence-corrected chi connectivity index (χ0v) is 20.0. The fraction of sp³-hybridized carbons (Fsp3) is 0.591. The summed E-state index contributed by atoms with van der Waals surface area (Å²) in [5.41, 5.74) is 0.741. The number of hydrogen-bond donors (Lipinski definition) is 1. The molecule has 1 saturated heterocycles. The van der Waals surface area contributed by atoms with Crippen molar-refractivity contribution in [2.45, 2.75) is 41.8 Å². The van der Waals surface area contributed by atoms with Crippen LogP contribution >= 0.6 is 31.9 Å². The molecule has 2 saturated carbocycles. The van der Waals surface area contributed by atoms with Gasteiger partial charge in [-0.05, 0) is 55.4 Å². The minimum absolute atomic E-state index is 0.0126. The minimum atomic E-state index is -0.143. The number of benzene rings is 1. The van der Waals surface area contributed by atoms with E-state index in [1.165, 1.54) is 4.90 Å². The van der Waals surface area contributed by atoms with Crippen LogP contribution in [0.1, 0.15) is 32.1 Å². The van der Waals surface area contributed by atoms with Gasteiger partial charge in [-0.3, -0.25) is 19.3 Å². The monoisotopic (exact) mass is 540 g/mol. The molecule has 8 heteroatoms. The van der Waals surface area contributed by atoms with Gasteiger partial charge in [-0.1, -0.05) is 38.3 Å². The number of imide groups is 1. The van der Waals surface area contributed by atoms with Gasteiger partial charge >= 0.3 is 0 Å². The first-order chi connectivity index (χ1) is 14.4. The lowest BCUT2D eigenvalue weighted by Gasteiger charge is -2.28. The van der Waals surface area contributed by atoms with E-state index in [1.807, 2.05) is 0 Å². The summed E-state index contributed by atoms with van der Waals surface area (Å²) in [5, 5.41) is 2.87. The summed E-state index contributed by atoms with van der Waals surface area (Å²) >= 11 is 7.42. The molecular weight excluding hydrogens is 516 g/mol. The molecule has 0 unspecified atom stereocenters. The highest BCUT2D eigenvalue weighted by Crippen LogP contribution is 2.60. The van der Waals surface area contributed by atoms with E-state index >= 15 is 0 Å². The fourth-order valence-corrected chi connectivity index (χ4v) is 7.13. The third-order valence-corrected chi connectivity index (χ3v) is 9.94. The first-order valence-corrected chi connectivity index (χ1v) is 12.3. The standard InChI is InChI=1S/C22H26Br2N2O4/c1-30-13-8-6-12(7-9-13)25-16(27)5-3-2-4-10-26-21(28)17-14-11-15(18(17)22(26)29)20(24)19(14)23/h6-9,14-15,17-20H,2-5,10-11H2,1H3,(H,25,27)/t14-,15-,17-,18+,19-,20-/m1/s1. The van der Waals surface area contributed by atoms with Crippen molar-refractivity contribution in [1.82, 2.24) is 4.90 Å². The van der Waals surface area contributed by atoms with Crippen LogP contribution in [0.2, 0.25) is 0 Å². The lowest BCUT2D eigenvalue weighted by Crippen LogP contribution is -2.37. The van der Waals surface area contributed by atoms with Crippen LogP contribution in [0.3, 0.4) is 0 Å². The Kier molecular flexibility index (Phi) is 6.53. The number of nitrogens with zero attached hydrogens (tertiary/aromatic N) is 1. The number of unbranched alkanes of at least 4 members (excludes halogenated alkanes) is 2. The Morgan fingerprint density at radius 1 is 1.03 bits per heavy atom. The van der Waals surface area contributed by atoms with Crippen LogP contribution in [0.4, 0.5) is 5.69 Å². The van der Waals surface area contributed by atoms with Crippen molar-refractivity contribution in [3.05, 3.63) is 24.3 Å². The van der Waals surface area contributed by atoms with Gasteiger partial charge in [-0.15, -0.1) is 0 Å². The summed E-state index contributed by atoms with van der Waals surface area (Å²) in [5.74, 6) is 0.963. The molecule has 2 aliphatic carbocycles. The number of fused-ring (bicyclic) bond motifs is 5. The Hall–Kier alpha value is -1.41. The Morgan fingerprint density at radius 3 is 2.20 bits per heavy atom. The van der Waals surface area contributed by atoms with Crippen LogP contribution in [0.5, 0.6) is 5.75 Å². The maximum atomic E-state index is 12.9. The molecule has 162 valence electrons. The molecule has 1 N–H and O–H groups in total. The van der Waals surface area contributed by atoms with Crippen molar-refractivity contribution in [3.8, 4) is 5.75 Å². The Bertz CT molecular complexity index is 799. The van der Waals surface area contributed by atoms with Gasteiger partial charge in [-0.25, -0.2) is 0 Å². The molecule has 2 bridgehead atoms. The highest BCUT2D eigenvalue weighted by atomic mass is 79.9. The molecule has 1 aromatic carbocycles. The van der Waals surface area contributed by atoms with E-state index in [2.05, 4.69) is 37.2 Å². The number of methoxy groups -OCH3 is 1. The second-order valence-electron chi connectivity index (χ2n) is 8.42. The summed E-state index contributed by atoms with van der Waals surface area (Å²) in [6.45, 7) is 0.462. The molecule has 0 radical (unpaired) electrons. The number of alkyl halides is 2. The lowest BCUT2D eigenvalue weighted by atomic mass is 9.81. The number of likely N-dealkylation sites (tertiary alicyclic amines) is 1. The third kappa shape index (κ3) is 3.93. The van der Waals surface area contributed by atoms with E-state index in [0.717, 1.165) is 37.1 Å². The van der Waals surface area contributed by atoms with Gasteiger partial charge in [0, 0.05) is 28.3 Å². The largest absolute Gasteiger partial charge is 0.497 e. The van der Waals surface area contributed by atoms with Crippen molar-refractivity contribution >= 4 is 55.3 Å². The fourth-order valence-electron chi connectivity index (χ4n) is 5.26. The molecule has 30 heavy (non-hydrogen) atoms. The average molecular weight is 542 g/mol. The summed E-state index contributed by atoms with van der Waals surface area (Å²) in [7, 11) is 1.60. The molecule has 3 fully saturated rings. The molecular formula is C22H26Br2N2O4. The quantitative estimate of drug-likeness (QED) is 0.307. The molecule has 1 aromatic rings. The smallest absolute Gasteiger partial charge is 0.233 e. The maximum Gasteiger partial charge on any atom is 0.233 e. The number of hydrogen-bond acceptors (Lipinski definition) is 4. The number of anilines is 1. The summed E-state index contributed by atoms with van der Waals surface area (Å²) < 4.78 is 5.10. The van der Waals surface area contributed by atoms with E-state index in [-0.39, 0.29) is 51.0 Å². The summed E-state index contributed by atoms with van der Waals surface area (Å²) in [4.78, 5) is 39.8. The molecule has 3 amide bonds. The van der Waals surface area contributed by atoms with Gasteiger partial charge in [0.2, 0.25) is 17.7 Å². The van der Waals surface area contributed by atoms with Crippen LogP contribution in [-0.2, 0) is 14.4 Å². The van der Waals surface area contributed by atoms with Crippen LogP contribution in [0.25, 0.3) is 0 Å². The normalized spacial score (nSPS) is 31.9. The van der Waals surface area contributed by atoms with Gasteiger partial charge in [0.05, 0.1) is 18.9 Å². The van der Waals surface area contributed by atoms with Gasteiger partial charge in [0.25, 0.3) is 0 Å². The lowest BCUT2D eigenvalue weighted by molar-refractivity contribution is -0.140. The van der Waals surface area contributed by atoms with Gasteiger partial charge in [0.1, 0.15) is 5.75 Å². The van der Waals surface area contributed by atoms with E-state index in [4.69, 9.17) is 4.74 Å². The number of carbonyl (C=O) groups is 3. The molecule has 6 atom stereocenters. The number of halogens is 2. The Labute approximate surface area is 193 Å². The zero-order chi connectivity index (χ0) is 21.4. The van der Waals surface area contributed by atoms with Crippen molar-refractivity contribution in [2.75, 3.05) is 19.0 Å². The number of amides is 3. The predicted octanol–water partition coefficient (Wildman–Crippen LogP) is 3.97. The van der Waals surface area contributed by atoms with Crippen molar-refractivity contribution in [2.24, 2.45) is 23.7 Å². The SMILES string of the molecule is COc1ccc(NC(=O)CCCCCN2C(=O)[C@@H]3[C@H]4C[C@@H]([C@@H](Br)[C@@H]4Br)[C@@H]3C2=O)cc1. The highest BCUT2D eigenvalue weighted by molar-refractivity contribution is 9.12. The highest BCUT2D eigenvalue weighted by Gasteiger charge is 2.66. The van der Waals surface area contributed by atoms with Gasteiger partial charge in [-0.2, -0.15) is 0 Å². The Morgan fingerprint density at radius 2 is 1.63 bits per heavy atom. The maximum absolute atomic E-state index is 12.9. The summed E-state index contributed by atoms with van der Waals surface area (Å²) in [6.07, 6.45) is 3.63. The van der Waals surface area contributed by atoms with E-state index in [9.17, 15) is 14.4 Å². The Balaban J connectivity index is 1.19. The molecule has 1 aliphatic heterocycles. The molecule has 4 rings (SSSR count). The molecule has 3 aliphatic rings. The second-order valence-corrected chi connectivity index (χ2v) is 10.5. The first-order valence-electron chi connectivity index (χ1n) is 10.5. The topological polar surface area (TPSA) is 75.7 Å². The second kappa shape index (κ2) is 8.99. The molecule has 0 aromatic heterocycles. The predicted molar refractivity (Wildman–Crippen MR) is 121 cm³/mol. The van der Waals surface area contributed by atoms with Crippen LogP contribution in [-0.4, -0.2) is 45.9 Å². The number of carbonyl (C=O) groups excluding carboxylic acids is 3. The zero-order valence-electron chi connectivity index (χ0n) is 16.9. The molecule has 0 spiro atoms. The van der Waals surface area contributed by atoms with E-state index in [1.54, 1.807) is 31.4 Å². The molecule has 6 nitrogen and oxygen atoms in total.